The number of benzene rings is 2. The lowest BCUT2D eigenvalue weighted by atomic mass is 10.1. The van der Waals surface area contributed by atoms with E-state index in [1.165, 1.54) is 7.11 Å². The van der Waals surface area contributed by atoms with Gasteiger partial charge < -0.3 is 19.8 Å². The molecule has 3 rings (SSSR count). The Hall–Kier alpha value is -3.28. The molecular weight excluding hydrogens is 332 g/mol. The minimum absolute atomic E-state index is 0.171. The largest absolute Gasteiger partial charge is 0.497 e. The summed E-state index contributed by atoms with van der Waals surface area (Å²) >= 11 is 0. The molecule has 2 aromatic carbocycles. The number of fused-ring (bicyclic) bond motifs is 1. The summed E-state index contributed by atoms with van der Waals surface area (Å²) in [4.78, 5) is 27.3. The first-order valence-corrected chi connectivity index (χ1v) is 8.23. The third-order valence-electron chi connectivity index (χ3n) is 4.13. The summed E-state index contributed by atoms with van der Waals surface area (Å²) in [6.45, 7) is 0. The maximum absolute atomic E-state index is 12.3. The quantitative estimate of drug-likeness (QED) is 0.714. The number of anilines is 1. The van der Waals surface area contributed by atoms with Crippen molar-refractivity contribution in [3.05, 3.63) is 64.4 Å². The van der Waals surface area contributed by atoms with Gasteiger partial charge in [-0.2, -0.15) is 0 Å². The van der Waals surface area contributed by atoms with Gasteiger partial charge in [-0.05, 0) is 36.1 Å². The molecule has 0 unspecified atom stereocenters. The average Bonchev–Trinajstić information content (AvgIpc) is 2.66. The molecule has 26 heavy (non-hydrogen) atoms. The van der Waals surface area contributed by atoms with Gasteiger partial charge in [0.05, 0.1) is 19.9 Å². The van der Waals surface area contributed by atoms with Crippen molar-refractivity contribution in [3.8, 4) is 11.5 Å². The maximum Gasteiger partial charge on any atom is 0.251 e. The van der Waals surface area contributed by atoms with Crippen molar-refractivity contribution in [3.63, 3.8) is 0 Å². The molecule has 1 heterocycles. The van der Waals surface area contributed by atoms with Crippen molar-refractivity contribution in [2.24, 2.45) is 0 Å². The molecule has 6 heteroatoms. The number of aromatic amines is 1. The Labute approximate surface area is 150 Å². The van der Waals surface area contributed by atoms with Gasteiger partial charge in [-0.25, -0.2) is 0 Å². The molecule has 0 saturated heterocycles. The Balaban J connectivity index is 1.72. The van der Waals surface area contributed by atoms with Crippen LogP contribution in [-0.2, 0) is 11.2 Å². The van der Waals surface area contributed by atoms with Crippen LogP contribution in [0.1, 0.15) is 12.0 Å². The van der Waals surface area contributed by atoms with Gasteiger partial charge in [0, 0.05) is 23.6 Å². The molecule has 0 radical (unpaired) electrons. The van der Waals surface area contributed by atoms with Crippen LogP contribution >= 0.6 is 0 Å². The molecule has 1 aromatic heterocycles. The van der Waals surface area contributed by atoms with E-state index in [-0.39, 0.29) is 17.9 Å². The van der Waals surface area contributed by atoms with Gasteiger partial charge in [-0.15, -0.1) is 0 Å². The average molecular weight is 352 g/mol. The molecule has 1 amide bonds. The van der Waals surface area contributed by atoms with Crippen molar-refractivity contribution >= 4 is 22.5 Å². The molecule has 0 spiro atoms. The molecule has 0 bridgehead atoms. The van der Waals surface area contributed by atoms with Gasteiger partial charge in [-0.3, -0.25) is 9.59 Å². The zero-order chi connectivity index (χ0) is 18.5. The Bertz CT molecular complexity index is 995. The molecule has 0 atom stereocenters. The zero-order valence-electron chi connectivity index (χ0n) is 14.7. The van der Waals surface area contributed by atoms with Crippen LogP contribution in [0.5, 0.6) is 11.5 Å². The zero-order valence-corrected chi connectivity index (χ0v) is 14.7. The number of nitrogens with one attached hydrogen (secondary N) is 2. The molecule has 2 N–H and O–H groups in total. The summed E-state index contributed by atoms with van der Waals surface area (Å²) < 4.78 is 10.4. The smallest absolute Gasteiger partial charge is 0.251 e. The van der Waals surface area contributed by atoms with Crippen LogP contribution in [0.4, 0.5) is 5.69 Å². The van der Waals surface area contributed by atoms with E-state index in [2.05, 4.69) is 10.3 Å². The fourth-order valence-corrected chi connectivity index (χ4v) is 2.75. The number of amides is 1. The number of H-pyrrole nitrogens is 1. The minimum atomic E-state index is -0.205. The Morgan fingerprint density at radius 1 is 1.08 bits per heavy atom. The third kappa shape index (κ3) is 3.85. The fraction of sp³-hybridized carbons (Fsp3) is 0.200. The van der Waals surface area contributed by atoms with Crippen molar-refractivity contribution in [1.29, 1.82) is 0 Å². The summed E-state index contributed by atoms with van der Waals surface area (Å²) in [5.74, 6) is 0.957. The van der Waals surface area contributed by atoms with Crippen LogP contribution in [0.2, 0.25) is 0 Å². The molecule has 0 saturated carbocycles. The highest BCUT2D eigenvalue weighted by Gasteiger charge is 2.11. The van der Waals surface area contributed by atoms with E-state index in [4.69, 9.17) is 9.47 Å². The summed E-state index contributed by atoms with van der Waals surface area (Å²) in [6, 6.07) is 14.6. The monoisotopic (exact) mass is 352 g/mol. The van der Waals surface area contributed by atoms with Crippen LogP contribution in [-0.4, -0.2) is 25.1 Å². The molecular formula is C20H20N2O4. The van der Waals surface area contributed by atoms with Crippen molar-refractivity contribution in [1.82, 2.24) is 4.98 Å². The Kier molecular flexibility index (Phi) is 5.22. The van der Waals surface area contributed by atoms with Crippen LogP contribution in [0.3, 0.4) is 0 Å². The molecule has 3 aromatic rings. The predicted molar refractivity (Wildman–Crippen MR) is 101 cm³/mol. The van der Waals surface area contributed by atoms with Gasteiger partial charge in [-0.1, -0.05) is 18.2 Å². The number of para-hydroxylation sites is 1. The molecule has 6 nitrogen and oxygen atoms in total. The molecule has 0 aliphatic rings. The van der Waals surface area contributed by atoms with Gasteiger partial charge in [0.25, 0.3) is 5.56 Å². The van der Waals surface area contributed by atoms with E-state index in [0.717, 1.165) is 10.9 Å². The number of pyridine rings is 1. The fourth-order valence-electron chi connectivity index (χ4n) is 2.75. The second-order valence-electron chi connectivity index (χ2n) is 5.83. The molecule has 0 fully saturated rings. The lowest BCUT2D eigenvalue weighted by Gasteiger charge is -2.11. The second-order valence-corrected chi connectivity index (χ2v) is 5.83. The highest BCUT2D eigenvalue weighted by Crippen LogP contribution is 2.29. The molecule has 134 valence electrons. The number of methoxy groups -OCH3 is 2. The van der Waals surface area contributed by atoms with Gasteiger partial charge >= 0.3 is 0 Å². The van der Waals surface area contributed by atoms with E-state index in [1.807, 2.05) is 30.3 Å². The van der Waals surface area contributed by atoms with Crippen molar-refractivity contribution in [2.75, 3.05) is 19.5 Å². The number of carbonyl (C=O) groups excluding carboxylic acids is 1. The van der Waals surface area contributed by atoms with Gasteiger partial charge in [0.1, 0.15) is 11.5 Å². The third-order valence-corrected chi connectivity index (χ3v) is 4.13. The number of ether oxygens (including phenoxy) is 2. The first kappa shape index (κ1) is 17.5. The maximum atomic E-state index is 12.3. The summed E-state index contributed by atoms with van der Waals surface area (Å²) in [7, 11) is 3.09. The lowest BCUT2D eigenvalue weighted by molar-refractivity contribution is -0.116. The van der Waals surface area contributed by atoms with E-state index in [9.17, 15) is 9.59 Å². The normalized spacial score (nSPS) is 10.5. The number of hydrogen-bond donors (Lipinski definition) is 2. The highest BCUT2D eigenvalue weighted by molar-refractivity contribution is 5.92. The lowest BCUT2D eigenvalue weighted by Crippen LogP contribution is -2.17. The summed E-state index contributed by atoms with van der Waals surface area (Å²) in [5.41, 5.74) is 1.73. The topological polar surface area (TPSA) is 80.4 Å². The Morgan fingerprint density at radius 3 is 2.65 bits per heavy atom. The number of aryl methyl sites for hydroxylation is 1. The predicted octanol–water partition coefficient (Wildman–Crippen LogP) is 3.12. The van der Waals surface area contributed by atoms with E-state index in [1.54, 1.807) is 25.3 Å². The number of aromatic nitrogens is 1. The van der Waals surface area contributed by atoms with E-state index >= 15 is 0 Å². The van der Waals surface area contributed by atoms with E-state index < -0.39 is 0 Å². The minimum Gasteiger partial charge on any atom is -0.497 e. The number of hydrogen-bond acceptors (Lipinski definition) is 4. The molecule has 0 aliphatic heterocycles. The van der Waals surface area contributed by atoms with Crippen LogP contribution in [0.25, 0.3) is 10.9 Å². The first-order chi connectivity index (χ1) is 12.6. The van der Waals surface area contributed by atoms with Crippen LogP contribution in [0.15, 0.2) is 53.3 Å². The van der Waals surface area contributed by atoms with Crippen LogP contribution < -0.4 is 20.3 Å². The van der Waals surface area contributed by atoms with Gasteiger partial charge in [0.2, 0.25) is 5.91 Å². The summed E-state index contributed by atoms with van der Waals surface area (Å²) in [5, 5.41) is 3.75. The van der Waals surface area contributed by atoms with Crippen LogP contribution in [0, 0.1) is 0 Å². The van der Waals surface area contributed by atoms with Crippen molar-refractivity contribution in [2.45, 2.75) is 12.8 Å². The standard InChI is InChI=1S/C20H20N2O4/c1-25-15-8-9-18(26-2)17(12-15)21-19(23)10-7-14-11-13-5-3-4-6-16(13)22-20(14)24/h3-6,8-9,11-12H,7,10H2,1-2H3,(H,21,23)(H,22,24). The number of carbonyl (C=O) groups is 1. The molecule has 0 aliphatic carbocycles. The number of rotatable bonds is 6. The highest BCUT2D eigenvalue weighted by atomic mass is 16.5. The Morgan fingerprint density at radius 2 is 1.88 bits per heavy atom. The van der Waals surface area contributed by atoms with Crippen molar-refractivity contribution < 1.29 is 14.3 Å². The second kappa shape index (κ2) is 7.74. The van der Waals surface area contributed by atoms with Gasteiger partial charge in [0.15, 0.2) is 0 Å². The summed E-state index contributed by atoms with van der Waals surface area (Å²) in [6.07, 6.45) is 0.528. The SMILES string of the molecule is COc1ccc(OC)c(NC(=O)CCc2cc3ccccc3[nH]c2=O)c1. The van der Waals surface area contributed by atoms with E-state index in [0.29, 0.717) is 29.2 Å². The first-order valence-electron chi connectivity index (χ1n) is 8.23.